The molecule has 0 bridgehead atoms. The van der Waals surface area contributed by atoms with Crippen LogP contribution in [0.3, 0.4) is 0 Å². The number of hydrogen-bond donors (Lipinski definition) is 1. The van der Waals surface area contributed by atoms with Gasteiger partial charge < -0.3 is 5.32 Å². The normalized spacial score (nSPS) is 11.4. The first kappa shape index (κ1) is 22.2. The summed E-state index contributed by atoms with van der Waals surface area (Å²) in [5, 5.41) is 7.45. The molecule has 9 nitrogen and oxygen atoms in total. The van der Waals surface area contributed by atoms with Crippen LogP contribution in [0.2, 0.25) is 0 Å². The Labute approximate surface area is 189 Å². The van der Waals surface area contributed by atoms with Crippen molar-refractivity contribution in [3.8, 4) is 0 Å². The lowest BCUT2D eigenvalue weighted by Gasteiger charge is -2.11. The van der Waals surface area contributed by atoms with Crippen molar-refractivity contribution in [3.63, 3.8) is 0 Å². The van der Waals surface area contributed by atoms with Gasteiger partial charge in [0.05, 0.1) is 10.9 Å². The first-order valence-corrected chi connectivity index (χ1v) is 10.9. The van der Waals surface area contributed by atoms with Gasteiger partial charge in [0.2, 0.25) is 5.78 Å². The minimum absolute atomic E-state index is 0.0692. The molecule has 0 saturated heterocycles. The maximum Gasteiger partial charge on any atom is 0.352 e. The van der Waals surface area contributed by atoms with E-state index >= 15 is 0 Å². The number of hydrogen-bond acceptors (Lipinski definition) is 5. The molecule has 0 radical (unpaired) electrons. The largest absolute Gasteiger partial charge is 0.352 e. The van der Waals surface area contributed by atoms with Crippen molar-refractivity contribution in [1.82, 2.24) is 24.1 Å². The quantitative estimate of drug-likeness (QED) is 0.437. The molecule has 0 unspecified atom stereocenters. The van der Waals surface area contributed by atoms with Crippen molar-refractivity contribution in [2.24, 2.45) is 0 Å². The molecule has 0 aliphatic rings. The zero-order valence-corrected chi connectivity index (χ0v) is 18.7. The summed E-state index contributed by atoms with van der Waals surface area (Å²) in [4.78, 5) is 51.8. The Morgan fingerprint density at radius 3 is 2.42 bits per heavy atom. The second kappa shape index (κ2) is 8.85. The second-order valence-corrected chi connectivity index (χ2v) is 8.18. The summed E-state index contributed by atoms with van der Waals surface area (Å²) in [5.74, 6) is -0.439. The lowest BCUT2D eigenvalue weighted by Crippen LogP contribution is -2.31. The molecule has 2 aromatic carbocycles. The molecule has 0 aliphatic carbocycles. The third-order valence-corrected chi connectivity index (χ3v) is 5.30. The van der Waals surface area contributed by atoms with Crippen LogP contribution in [0.4, 0.5) is 0 Å². The highest BCUT2D eigenvalue weighted by atomic mass is 16.2. The van der Waals surface area contributed by atoms with E-state index in [1.807, 2.05) is 20.8 Å². The second-order valence-electron chi connectivity index (χ2n) is 8.18. The number of nitrogens with one attached hydrogen (secondary N) is 1. The van der Waals surface area contributed by atoms with Gasteiger partial charge in [-0.1, -0.05) is 37.3 Å². The maximum absolute atomic E-state index is 13.3. The summed E-state index contributed by atoms with van der Waals surface area (Å²) in [6.07, 6.45) is 0.653. The summed E-state index contributed by atoms with van der Waals surface area (Å²) in [7, 11) is 0. The van der Waals surface area contributed by atoms with Crippen LogP contribution in [0.5, 0.6) is 0 Å². The zero-order valence-electron chi connectivity index (χ0n) is 18.7. The number of carbonyl (C=O) groups is 2. The Hall–Kier alpha value is -4.01. The van der Waals surface area contributed by atoms with Gasteiger partial charge in [0.15, 0.2) is 5.78 Å². The standard InChI is InChI=1S/C24H25N5O4/c1-4-12-27-22(32)18-11-10-17(21(31)25-15(2)3)13-19(18)29-23(27)26-28(24(29)33)14-20(30)16-8-6-5-7-9-16/h5-11,13,15H,4,12,14H2,1-3H3,(H,25,31). The first-order valence-electron chi connectivity index (χ1n) is 10.9. The average molecular weight is 447 g/mol. The summed E-state index contributed by atoms with van der Waals surface area (Å²) < 4.78 is 3.80. The fraction of sp³-hybridized carbons (Fsp3) is 0.292. The van der Waals surface area contributed by atoms with Crippen LogP contribution >= 0.6 is 0 Å². The van der Waals surface area contributed by atoms with E-state index in [2.05, 4.69) is 10.4 Å². The molecule has 0 aliphatic heterocycles. The molecule has 0 spiro atoms. The van der Waals surface area contributed by atoms with E-state index in [1.165, 1.54) is 15.0 Å². The van der Waals surface area contributed by atoms with E-state index in [0.29, 0.717) is 29.5 Å². The highest BCUT2D eigenvalue weighted by molar-refractivity contribution is 5.98. The Bertz CT molecular complexity index is 1480. The molecule has 2 aromatic heterocycles. The van der Waals surface area contributed by atoms with Crippen molar-refractivity contribution >= 4 is 28.4 Å². The number of rotatable bonds is 7. The fourth-order valence-corrected chi connectivity index (χ4v) is 3.78. The smallest absolute Gasteiger partial charge is 0.350 e. The van der Waals surface area contributed by atoms with Gasteiger partial charge in [-0.25, -0.2) is 13.9 Å². The number of aryl methyl sites for hydroxylation is 1. The van der Waals surface area contributed by atoms with E-state index in [9.17, 15) is 19.2 Å². The number of amides is 1. The average Bonchev–Trinajstić information content (AvgIpc) is 3.12. The molecule has 0 saturated carbocycles. The molecule has 4 aromatic rings. The van der Waals surface area contributed by atoms with Crippen molar-refractivity contribution in [2.45, 2.75) is 46.3 Å². The van der Waals surface area contributed by atoms with Crippen LogP contribution in [-0.4, -0.2) is 36.5 Å². The summed E-state index contributed by atoms with van der Waals surface area (Å²) >= 11 is 0. The Morgan fingerprint density at radius 1 is 1.03 bits per heavy atom. The molecule has 1 amide bonds. The van der Waals surface area contributed by atoms with Gasteiger partial charge in [0.25, 0.3) is 11.5 Å². The van der Waals surface area contributed by atoms with Gasteiger partial charge in [-0.05, 0) is 38.5 Å². The number of aromatic nitrogens is 4. The van der Waals surface area contributed by atoms with E-state index in [1.54, 1.807) is 42.5 Å². The van der Waals surface area contributed by atoms with Crippen molar-refractivity contribution < 1.29 is 9.59 Å². The zero-order chi connectivity index (χ0) is 23.7. The molecule has 0 fully saturated rings. The maximum atomic E-state index is 13.3. The van der Waals surface area contributed by atoms with Crippen molar-refractivity contribution in [2.75, 3.05) is 0 Å². The third kappa shape index (κ3) is 4.09. The fourth-order valence-electron chi connectivity index (χ4n) is 3.78. The first-order chi connectivity index (χ1) is 15.8. The SMILES string of the molecule is CCCn1c(=O)c2ccc(C(=O)NC(C)C)cc2n2c(=O)n(CC(=O)c3ccccc3)nc12. The third-order valence-electron chi connectivity index (χ3n) is 5.30. The van der Waals surface area contributed by atoms with Crippen LogP contribution in [0.25, 0.3) is 16.7 Å². The molecule has 4 rings (SSSR count). The van der Waals surface area contributed by atoms with Crippen LogP contribution in [-0.2, 0) is 13.1 Å². The monoisotopic (exact) mass is 447 g/mol. The predicted molar refractivity (Wildman–Crippen MR) is 125 cm³/mol. The number of Topliss-reactive ketones (excluding diaryl/α,β-unsaturated/α-hetero) is 1. The van der Waals surface area contributed by atoms with Crippen molar-refractivity contribution in [1.29, 1.82) is 0 Å². The summed E-state index contributed by atoms with van der Waals surface area (Å²) in [6.45, 7) is 5.70. The number of benzene rings is 2. The lowest BCUT2D eigenvalue weighted by atomic mass is 10.1. The van der Waals surface area contributed by atoms with Crippen LogP contribution < -0.4 is 16.6 Å². The van der Waals surface area contributed by atoms with Crippen molar-refractivity contribution in [3.05, 3.63) is 80.5 Å². The Morgan fingerprint density at radius 2 is 1.76 bits per heavy atom. The highest BCUT2D eigenvalue weighted by Gasteiger charge is 2.20. The molecular weight excluding hydrogens is 422 g/mol. The predicted octanol–water partition coefficient (Wildman–Crippen LogP) is 2.24. The lowest BCUT2D eigenvalue weighted by molar-refractivity contribution is 0.0940. The van der Waals surface area contributed by atoms with Gasteiger partial charge in [-0.3, -0.25) is 19.0 Å². The minimum atomic E-state index is -0.550. The molecule has 1 N–H and O–H groups in total. The van der Waals surface area contributed by atoms with Crippen LogP contribution in [0.15, 0.2) is 58.1 Å². The van der Waals surface area contributed by atoms with Gasteiger partial charge >= 0.3 is 5.69 Å². The minimum Gasteiger partial charge on any atom is -0.350 e. The molecule has 33 heavy (non-hydrogen) atoms. The van der Waals surface area contributed by atoms with Gasteiger partial charge in [0, 0.05) is 23.7 Å². The molecule has 170 valence electrons. The summed E-state index contributed by atoms with van der Waals surface area (Å²) in [5.41, 5.74) is 0.212. The van der Waals surface area contributed by atoms with Crippen LogP contribution in [0.1, 0.15) is 47.9 Å². The molecule has 2 heterocycles. The Balaban J connectivity index is 1.93. The highest BCUT2D eigenvalue weighted by Crippen LogP contribution is 2.15. The van der Waals surface area contributed by atoms with Crippen LogP contribution in [0, 0.1) is 0 Å². The van der Waals surface area contributed by atoms with Gasteiger partial charge in [-0.2, -0.15) is 0 Å². The van der Waals surface area contributed by atoms with Gasteiger partial charge in [-0.15, -0.1) is 5.10 Å². The van der Waals surface area contributed by atoms with Gasteiger partial charge in [0.1, 0.15) is 6.54 Å². The van der Waals surface area contributed by atoms with E-state index in [0.717, 1.165) is 4.68 Å². The number of nitrogens with zero attached hydrogens (tertiary/aromatic N) is 4. The van der Waals surface area contributed by atoms with E-state index in [-0.39, 0.29) is 41.1 Å². The van der Waals surface area contributed by atoms with E-state index in [4.69, 9.17) is 0 Å². The number of carbonyl (C=O) groups excluding carboxylic acids is 2. The topological polar surface area (TPSA) is 107 Å². The molecular formula is C24H25N5O4. The molecule has 9 heteroatoms. The van der Waals surface area contributed by atoms with E-state index < -0.39 is 5.69 Å². The molecule has 0 atom stereocenters. The summed E-state index contributed by atoms with van der Waals surface area (Å²) in [6, 6.07) is 13.2. The Kier molecular flexibility index (Phi) is 5.95. The number of fused-ring (bicyclic) bond motifs is 3. The number of ketones is 1.